The van der Waals surface area contributed by atoms with E-state index in [1.54, 1.807) is 30.3 Å². The highest BCUT2D eigenvalue weighted by Gasteiger charge is 2.24. The molecule has 4 aromatic rings. The molecule has 0 bridgehead atoms. The quantitative estimate of drug-likeness (QED) is 0.482. The lowest BCUT2D eigenvalue weighted by atomic mass is 10.1. The molecule has 3 aromatic carbocycles. The maximum absolute atomic E-state index is 14.5. The monoisotopic (exact) mass is 424 g/mol. The van der Waals surface area contributed by atoms with Crippen molar-refractivity contribution >= 4 is 44.7 Å². The molecular weight excluding hydrogens is 407 g/mol. The van der Waals surface area contributed by atoms with Crippen molar-refractivity contribution in [1.82, 2.24) is 4.72 Å². The number of hydrogen-bond donors (Lipinski definition) is 2. The van der Waals surface area contributed by atoms with Crippen molar-refractivity contribution in [3.8, 4) is 5.75 Å². The Labute approximate surface area is 174 Å². The summed E-state index contributed by atoms with van der Waals surface area (Å²) in [7, 11) is 0. The van der Waals surface area contributed by atoms with Gasteiger partial charge in [0, 0.05) is 47.7 Å². The van der Waals surface area contributed by atoms with E-state index in [1.807, 2.05) is 4.90 Å². The minimum absolute atomic E-state index is 0.0587. The van der Waals surface area contributed by atoms with Crippen molar-refractivity contribution in [2.45, 2.75) is 11.3 Å². The highest BCUT2D eigenvalue weighted by molar-refractivity contribution is 7.90. The van der Waals surface area contributed by atoms with Crippen molar-refractivity contribution < 1.29 is 23.3 Å². The molecule has 1 atom stereocenters. The van der Waals surface area contributed by atoms with Crippen LogP contribution in [0.2, 0.25) is 0 Å². The first-order valence-electron chi connectivity index (χ1n) is 9.43. The number of hydrogen-bond acceptors (Lipinski definition) is 5. The van der Waals surface area contributed by atoms with E-state index in [0.29, 0.717) is 21.4 Å². The summed E-state index contributed by atoms with van der Waals surface area (Å²) < 4.78 is 35.2. The Hall–Kier alpha value is -3.23. The number of phenols is 1. The van der Waals surface area contributed by atoms with Gasteiger partial charge < -0.3 is 19.0 Å². The highest BCUT2D eigenvalue weighted by atomic mass is 32.2. The van der Waals surface area contributed by atoms with Crippen LogP contribution >= 0.6 is 0 Å². The van der Waals surface area contributed by atoms with Crippen LogP contribution in [-0.4, -0.2) is 28.7 Å². The Kier molecular flexibility index (Phi) is 4.52. The number of phenolic OH excluding ortho intramolecular Hbond substituents is 1. The first-order valence-corrected chi connectivity index (χ1v) is 10.6. The topological polar surface area (TPSA) is 88.8 Å². The van der Waals surface area contributed by atoms with Gasteiger partial charge in [0.25, 0.3) is 0 Å². The number of nitrogens with zero attached hydrogens (tertiary/aromatic N) is 1. The number of nitrogens with one attached hydrogen (secondary N) is 1. The molecule has 1 unspecified atom stereocenters. The Morgan fingerprint density at radius 3 is 2.60 bits per heavy atom. The van der Waals surface area contributed by atoms with Crippen LogP contribution in [-0.2, 0) is 11.4 Å². The number of carbonyl (C=O) groups is 1. The number of rotatable bonds is 4. The van der Waals surface area contributed by atoms with E-state index in [-0.39, 0.29) is 22.5 Å². The van der Waals surface area contributed by atoms with Gasteiger partial charge in [-0.3, -0.25) is 4.79 Å². The van der Waals surface area contributed by atoms with Crippen LogP contribution in [0.25, 0.3) is 21.7 Å². The van der Waals surface area contributed by atoms with E-state index in [0.717, 1.165) is 19.5 Å². The fraction of sp³-hybridized carbons (Fsp3) is 0.136. The lowest BCUT2D eigenvalue weighted by Crippen LogP contribution is -2.36. The van der Waals surface area contributed by atoms with Crippen LogP contribution in [0.4, 0.5) is 10.1 Å². The number of furan rings is 1. The molecule has 0 spiro atoms. The summed E-state index contributed by atoms with van der Waals surface area (Å²) in [5, 5.41) is 11.3. The minimum atomic E-state index is -1.90. The zero-order chi connectivity index (χ0) is 20.8. The van der Waals surface area contributed by atoms with E-state index in [4.69, 9.17) is 4.42 Å². The van der Waals surface area contributed by atoms with Gasteiger partial charge >= 0.3 is 5.91 Å². The molecule has 8 heteroatoms. The summed E-state index contributed by atoms with van der Waals surface area (Å²) in [6, 6.07) is 14.3. The molecule has 0 radical (unpaired) electrons. The molecular formula is C22H17FN2O4S. The molecule has 1 aliphatic heterocycles. The Morgan fingerprint density at radius 1 is 1.10 bits per heavy atom. The third kappa shape index (κ3) is 3.14. The molecule has 6 nitrogen and oxygen atoms in total. The molecule has 2 heterocycles. The van der Waals surface area contributed by atoms with E-state index < -0.39 is 23.1 Å². The molecule has 1 amide bonds. The second-order valence-electron chi connectivity index (χ2n) is 7.12. The van der Waals surface area contributed by atoms with Crippen LogP contribution in [0, 0.1) is 5.82 Å². The molecule has 152 valence electrons. The van der Waals surface area contributed by atoms with Crippen LogP contribution in [0.1, 0.15) is 17.0 Å². The molecule has 1 saturated heterocycles. The lowest BCUT2D eigenvalue weighted by molar-refractivity contribution is 0.0956. The van der Waals surface area contributed by atoms with Gasteiger partial charge in [-0.2, -0.15) is 4.72 Å². The van der Waals surface area contributed by atoms with E-state index in [2.05, 4.69) is 4.72 Å². The smallest absolute Gasteiger partial charge is 0.328 e. The van der Waals surface area contributed by atoms with Crippen LogP contribution < -0.4 is 9.62 Å². The summed E-state index contributed by atoms with van der Waals surface area (Å²) in [6.07, 6.45) is 1.06. The number of fused-ring (bicyclic) bond motifs is 2. The fourth-order valence-electron chi connectivity index (χ4n) is 3.56. The lowest BCUT2D eigenvalue weighted by Gasteiger charge is -2.33. The summed E-state index contributed by atoms with van der Waals surface area (Å²) in [5.41, 5.74) is 0.981. The van der Waals surface area contributed by atoms with Gasteiger partial charge in [0.05, 0.1) is 5.39 Å². The Bertz CT molecular complexity index is 1290. The van der Waals surface area contributed by atoms with E-state index in [1.165, 1.54) is 24.3 Å². The highest BCUT2D eigenvalue weighted by Crippen LogP contribution is 2.32. The largest absolute Gasteiger partial charge is 0.588 e. The van der Waals surface area contributed by atoms with Gasteiger partial charge in [0.1, 0.15) is 28.5 Å². The zero-order valence-corrected chi connectivity index (χ0v) is 16.5. The predicted molar refractivity (Wildman–Crippen MR) is 112 cm³/mol. The summed E-state index contributed by atoms with van der Waals surface area (Å²) in [4.78, 5) is 15.0. The second-order valence-corrected chi connectivity index (χ2v) is 8.30. The number of aromatic hydroxyl groups is 1. The van der Waals surface area contributed by atoms with Crippen molar-refractivity contribution in [1.29, 1.82) is 0 Å². The Balaban J connectivity index is 1.43. The molecule has 1 aromatic heterocycles. The minimum Gasteiger partial charge on any atom is -0.588 e. The average molecular weight is 424 g/mol. The van der Waals surface area contributed by atoms with Gasteiger partial charge in [0.15, 0.2) is 10.7 Å². The molecule has 30 heavy (non-hydrogen) atoms. The van der Waals surface area contributed by atoms with Crippen molar-refractivity contribution in [3.63, 3.8) is 0 Å². The van der Waals surface area contributed by atoms with Crippen molar-refractivity contribution in [3.05, 3.63) is 66.2 Å². The first-order chi connectivity index (χ1) is 14.5. The number of anilines is 1. The predicted octanol–water partition coefficient (Wildman–Crippen LogP) is 4.09. The SMILES string of the molecule is O=C(N[S+]([O-])c1ccc(O)c2ccccc12)c1cc2c(F)cc(N3CCC3)cc2o1. The molecule has 5 rings (SSSR count). The average Bonchev–Trinajstić information content (AvgIpc) is 3.12. The third-order valence-corrected chi connectivity index (χ3v) is 6.39. The number of amides is 1. The summed E-state index contributed by atoms with van der Waals surface area (Å²) >= 11 is -1.90. The standard InChI is InChI=1S/C22H17FN2O4S/c23-17-10-13(25-8-3-9-25)11-19-16(17)12-20(29-19)22(27)24-30(28)21-7-6-18(26)14-4-1-2-5-15(14)21/h1-2,4-7,10-12,26H,3,8-9H2,(H,24,27). The van der Waals surface area contributed by atoms with Crippen LogP contribution in [0.15, 0.2) is 63.9 Å². The fourth-order valence-corrected chi connectivity index (χ4v) is 4.51. The van der Waals surface area contributed by atoms with Crippen molar-refractivity contribution in [2.75, 3.05) is 18.0 Å². The van der Waals surface area contributed by atoms with E-state index >= 15 is 0 Å². The summed E-state index contributed by atoms with van der Waals surface area (Å²) in [6.45, 7) is 1.72. The number of carbonyl (C=O) groups excluding carboxylic acids is 1. The van der Waals surface area contributed by atoms with Gasteiger partial charge in [0.2, 0.25) is 0 Å². The summed E-state index contributed by atoms with van der Waals surface area (Å²) in [5.74, 6) is -1.25. The normalized spacial score (nSPS) is 14.7. The second kappa shape index (κ2) is 7.23. The molecule has 0 aliphatic carbocycles. The maximum atomic E-state index is 14.5. The van der Waals surface area contributed by atoms with Gasteiger partial charge in [-0.05, 0) is 24.6 Å². The first kappa shape index (κ1) is 18.8. The van der Waals surface area contributed by atoms with Crippen LogP contribution in [0.5, 0.6) is 5.75 Å². The van der Waals surface area contributed by atoms with Gasteiger partial charge in [-0.1, -0.05) is 18.2 Å². The third-order valence-electron chi connectivity index (χ3n) is 5.26. The van der Waals surface area contributed by atoms with E-state index in [9.17, 15) is 18.8 Å². The van der Waals surface area contributed by atoms with Crippen LogP contribution in [0.3, 0.4) is 0 Å². The zero-order valence-electron chi connectivity index (χ0n) is 15.7. The van der Waals surface area contributed by atoms with Gasteiger partial charge in [-0.15, -0.1) is 0 Å². The van der Waals surface area contributed by atoms with Gasteiger partial charge in [-0.25, -0.2) is 4.39 Å². The number of benzene rings is 3. The number of halogens is 1. The Morgan fingerprint density at radius 2 is 1.87 bits per heavy atom. The maximum Gasteiger partial charge on any atom is 0.328 e. The van der Waals surface area contributed by atoms with Crippen molar-refractivity contribution in [2.24, 2.45) is 0 Å². The molecule has 2 N–H and O–H groups in total. The molecule has 1 fully saturated rings. The molecule has 1 aliphatic rings. The molecule has 0 saturated carbocycles.